The molecule has 1 aliphatic heterocycles. The van der Waals surface area contributed by atoms with E-state index in [0.717, 1.165) is 31.4 Å². The van der Waals surface area contributed by atoms with Gasteiger partial charge in [-0.2, -0.15) is 0 Å². The summed E-state index contributed by atoms with van der Waals surface area (Å²) in [6.07, 6.45) is 3.70. The fourth-order valence-corrected chi connectivity index (χ4v) is 5.15. The summed E-state index contributed by atoms with van der Waals surface area (Å²) < 4.78 is 12.3. The van der Waals surface area contributed by atoms with Crippen molar-refractivity contribution in [2.45, 2.75) is 36.6 Å². The van der Waals surface area contributed by atoms with Gasteiger partial charge in [0.05, 0.1) is 0 Å². The van der Waals surface area contributed by atoms with E-state index in [2.05, 4.69) is 12.1 Å². The topological polar surface area (TPSA) is 35.5 Å². The Labute approximate surface area is 149 Å². The Morgan fingerprint density at radius 3 is 2.54 bits per heavy atom. The van der Waals surface area contributed by atoms with Gasteiger partial charge in [-0.25, -0.2) is 0 Å². The van der Waals surface area contributed by atoms with E-state index >= 15 is 0 Å². The van der Waals surface area contributed by atoms with Crippen LogP contribution in [-0.2, 0) is 16.0 Å². The van der Waals surface area contributed by atoms with Crippen molar-refractivity contribution < 1.29 is 14.3 Å². The quantitative estimate of drug-likeness (QED) is 0.582. The van der Waals surface area contributed by atoms with Gasteiger partial charge in [-0.1, -0.05) is 0 Å². The zero-order valence-corrected chi connectivity index (χ0v) is 15.5. The molecule has 1 heterocycles. The molecule has 2 atom stereocenters. The van der Waals surface area contributed by atoms with Gasteiger partial charge in [0.1, 0.15) is 0 Å². The molecule has 4 heteroatoms. The van der Waals surface area contributed by atoms with E-state index in [1.165, 1.54) is 10.0 Å². The standard InChI is InChI=1S/C20H22O3Se/c1-22-16-12-10-15(11-13-16)14-17-6-5-9-19(20(21)23-17)24-18-7-3-2-4-8-18/h2-4,7-8,10-13,17,19H,5-6,9,14H2,1H3/t17-,19+/m1/s1. The van der Waals surface area contributed by atoms with Crippen LogP contribution in [0.4, 0.5) is 0 Å². The molecule has 1 aliphatic rings. The minimum atomic E-state index is -0.0186. The van der Waals surface area contributed by atoms with Crippen LogP contribution in [0, 0.1) is 0 Å². The first-order valence-corrected chi connectivity index (χ1v) is 10.1. The third kappa shape index (κ3) is 4.62. The van der Waals surface area contributed by atoms with E-state index in [1.54, 1.807) is 7.11 Å². The molecule has 0 radical (unpaired) electrons. The summed E-state index contributed by atoms with van der Waals surface area (Å²) in [6, 6.07) is 18.3. The molecule has 0 unspecified atom stereocenters. The van der Waals surface area contributed by atoms with Crippen molar-refractivity contribution in [3.05, 3.63) is 60.2 Å². The van der Waals surface area contributed by atoms with E-state index in [9.17, 15) is 4.79 Å². The van der Waals surface area contributed by atoms with Crippen LogP contribution in [0.3, 0.4) is 0 Å². The number of hydrogen-bond acceptors (Lipinski definition) is 3. The van der Waals surface area contributed by atoms with Gasteiger partial charge < -0.3 is 0 Å². The summed E-state index contributed by atoms with van der Waals surface area (Å²) in [5.74, 6) is 0.831. The second kappa shape index (κ2) is 8.36. The third-order valence-corrected chi connectivity index (χ3v) is 6.82. The molecule has 0 aromatic heterocycles. The van der Waals surface area contributed by atoms with Crippen molar-refractivity contribution in [3.8, 4) is 5.75 Å². The van der Waals surface area contributed by atoms with Crippen LogP contribution in [0.25, 0.3) is 0 Å². The molecule has 0 saturated carbocycles. The third-order valence-electron chi connectivity index (χ3n) is 4.18. The molecular weight excluding hydrogens is 367 g/mol. The van der Waals surface area contributed by atoms with E-state index in [1.807, 2.05) is 42.5 Å². The van der Waals surface area contributed by atoms with Gasteiger partial charge in [0.25, 0.3) is 0 Å². The first kappa shape index (κ1) is 17.1. The van der Waals surface area contributed by atoms with Gasteiger partial charge in [0.2, 0.25) is 0 Å². The van der Waals surface area contributed by atoms with Crippen LogP contribution >= 0.6 is 0 Å². The van der Waals surface area contributed by atoms with Crippen LogP contribution in [0.15, 0.2) is 54.6 Å². The summed E-state index contributed by atoms with van der Waals surface area (Å²) in [6.45, 7) is 0. The maximum atomic E-state index is 12.5. The normalized spacial score (nSPS) is 21.0. The van der Waals surface area contributed by atoms with Crippen molar-refractivity contribution in [2.24, 2.45) is 0 Å². The summed E-state index contributed by atoms with van der Waals surface area (Å²) in [7, 11) is 1.66. The van der Waals surface area contributed by atoms with Crippen molar-refractivity contribution in [1.29, 1.82) is 0 Å². The first-order valence-electron chi connectivity index (χ1n) is 8.30. The van der Waals surface area contributed by atoms with Crippen LogP contribution in [0.5, 0.6) is 5.75 Å². The second-order valence-corrected chi connectivity index (χ2v) is 8.64. The maximum absolute atomic E-state index is 12.5. The van der Waals surface area contributed by atoms with Crippen molar-refractivity contribution in [3.63, 3.8) is 0 Å². The minimum absolute atomic E-state index is 0.0116. The number of rotatable bonds is 5. The van der Waals surface area contributed by atoms with Crippen molar-refractivity contribution >= 4 is 25.4 Å². The molecule has 2 aromatic carbocycles. The Morgan fingerprint density at radius 2 is 1.83 bits per heavy atom. The van der Waals surface area contributed by atoms with Crippen LogP contribution in [0.1, 0.15) is 24.8 Å². The Bertz CT molecular complexity index is 654. The van der Waals surface area contributed by atoms with Crippen molar-refractivity contribution in [1.82, 2.24) is 0 Å². The molecular formula is C20H22O3Se. The molecule has 3 rings (SSSR count). The summed E-state index contributed by atoms with van der Waals surface area (Å²) in [5.41, 5.74) is 1.18. The average molecular weight is 389 g/mol. The van der Waals surface area contributed by atoms with Crippen LogP contribution < -0.4 is 9.20 Å². The number of carbonyl (C=O) groups is 1. The number of methoxy groups -OCH3 is 1. The number of esters is 1. The fraction of sp³-hybridized carbons (Fsp3) is 0.350. The van der Waals surface area contributed by atoms with E-state index in [0.29, 0.717) is 0 Å². The summed E-state index contributed by atoms with van der Waals surface area (Å²) in [4.78, 5) is 12.5. The van der Waals surface area contributed by atoms with E-state index < -0.39 is 0 Å². The average Bonchev–Trinajstić information content (AvgIpc) is 2.78. The monoisotopic (exact) mass is 390 g/mol. The zero-order valence-electron chi connectivity index (χ0n) is 13.8. The molecule has 1 saturated heterocycles. The van der Waals surface area contributed by atoms with Gasteiger partial charge in [-0.3, -0.25) is 0 Å². The predicted octanol–water partition coefficient (Wildman–Crippen LogP) is 3.15. The summed E-state index contributed by atoms with van der Waals surface area (Å²) in [5, 5.41) is 0. The van der Waals surface area contributed by atoms with Crippen LogP contribution in [-0.4, -0.2) is 34.1 Å². The van der Waals surface area contributed by atoms with Crippen LogP contribution in [0.2, 0.25) is 4.82 Å². The number of cyclic esters (lactones) is 1. The van der Waals surface area contributed by atoms with Gasteiger partial charge in [0.15, 0.2) is 0 Å². The predicted molar refractivity (Wildman–Crippen MR) is 96.0 cm³/mol. The SMILES string of the molecule is COc1ccc(C[C@H]2CCC[C@H]([Se]c3ccccc3)C(=O)O2)cc1. The Hall–Kier alpha value is -1.77. The van der Waals surface area contributed by atoms with Gasteiger partial charge in [-0.15, -0.1) is 0 Å². The molecule has 24 heavy (non-hydrogen) atoms. The summed E-state index contributed by atoms with van der Waals surface area (Å²) >= 11 is 0.146. The van der Waals surface area contributed by atoms with E-state index in [-0.39, 0.29) is 31.8 Å². The van der Waals surface area contributed by atoms with E-state index in [4.69, 9.17) is 9.47 Å². The van der Waals surface area contributed by atoms with Gasteiger partial charge >= 0.3 is 149 Å². The molecule has 3 nitrogen and oxygen atoms in total. The Kier molecular flexibility index (Phi) is 5.95. The fourth-order valence-electron chi connectivity index (χ4n) is 2.89. The number of benzene rings is 2. The van der Waals surface area contributed by atoms with Crippen molar-refractivity contribution in [2.75, 3.05) is 7.11 Å². The van der Waals surface area contributed by atoms with Gasteiger partial charge in [-0.05, 0) is 0 Å². The zero-order chi connectivity index (χ0) is 16.8. The molecule has 0 N–H and O–H groups in total. The number of hydrogen-bond donors (Lipinski definition) is 0. The Morgan fingerprint density at radius 1 is 1.08 bits per heavy atom. The number of carbonyl (C=O) groups excluding carboxylic acids is 1. The Balaban J connectivity index is 1.59. The molecule has 126 valence electrons. The molecule has 2 aromatic rings. The molecule has 0 amide bonds. The molecule has 0 spiro atoms. The first-order chi connectivity index (χ1) is 11.7. The van der Waals surface area contributed by atoms with Gasteiger partial charge in [0, 0.05) is 0 Å². The molecule has 0 aliphatic carbocycles. The molecule has 1 fully saturated rings. The second-order valence-electron chi connectivity index (χ2n) is 5.96. The number of ether oxygens (including phenoxy) is 2. The molecule has 0 bridgehead atoms.